The lowest BCUT2D eigenvalue weighted by molar-refractivity contribution is 0.0993. The number of benzene rings is 2. The highest BCUT2D eigenvalue weighted by atomic mass is 19.1. The highest BCUT2D eigenvalue weighted by molar-refractivity contribution is 5.98. The van der Waals surface area contributed by atoms with Crippen LogP contribution in [0.1, 0.15) is 15.9 Å². The zero-order chi connectivity index (χ0) is 21.1. The van der Waals surface area contributed by atoms with Crippen LogP contribution in [-0.2, 0) is 6.42 Å². The van der Waals surface area contributed by atoms with Crippen molar-refractivity contribution >= 4 is 17.3 Å². The summed E-state index contributed by atoms with van der Waals surface area (Å²) in [6.07, 6.45) is 1.66. The van der Waals surface area contributed by atoms with Crippen molar-refractivity contribution in [3.05, 3.63) is 77.5 Å². The van der Waals surface area contributed by atoms with Crippen molar-refractivity contribution in [1.29, 1.82) is 0 Å². The average Bonchev–Trinajstić information content (AvgIpc) is 2.75. The van der Waals surface area contributed by atoms with E-state index < -0.39 is 11.6 Å². The van der Waals surface area contributed by atoms with Crippen LogP contribution >= 0.6 is 0 Å². The summed E-state index contributed by atoms with van der Waals surface area (Å²) >= 11 is 0. The molecular formula is C23H22F2N4O. The normalized spacial score (nSPS) is 14.0. The molecule has 1 saturated heterocycles. The Bertz CT molecular complexity index is 1040. The topological polar surface area (TPSA) is 71.2 Å². The summed E-state index contributed by atoms with van der Waals surface area (Å²) in [5, 5.41) is 3.29. The number of halogens is 2. The number of piperazine rings is 1. The van der Waals surface area contributed by atoms with Crippen molar-refractivity contribution in [2.75, 3.05) is 36.8 Å². The number of carbonyl (C=O) groups excluding carboxylic acids is 1. The van der Waals surface area contributed by atoms with Crippen LogP contribution in [0, 0.1) is 11.6 Å². The molecule has 3 N–H and O–H groups in total. The lowest BCUT2D eigenvalue weighted by Gasteiger charge is -2.28. The first-order valence-corrected chi connectivity index (χ1v) is 9.79. The van der Waals surface area contributed by atoms with E-state index in [4.69, 9.17) is 5.73 Å². The van der Waals surface area contributed by atoms with Crippen LogP contribution in [0.2, 0.25) is 0 Å². The number of carbonyl (C=O) groups is 1. The number of ketones is 1. The molecular weight excluding hydrogens is 386 g/mol. The minimum atomic E-state index is -0.657. The van der Waals surface area contributed by atoms with Crippen LogP contribution in [-0.4, -0.2) is 36.9 Å². The molecule has 3 aromatic rings. The summed E-state index contributed by atoms with van der Waals surface area (Å²) in [6, 6.07) is 12.0. The quantitative estimate of drug-likeness (QED) is 0.500. The van der Waals surface area contributed by atoms with Gasteiger partial charge in [0.05, 0.1) is 0 Å². The predicted octanol–water partition coefficient (Wildman–Crippen LogP) is 3.44. The monoisotopic (exact) mass is 408 g/mol. The fourth-order valence-electron chi connectivity index (χ4n) is 3.57. The molecule has 0 bridgehead atoms. The molecule has 0 radical (unpaired) electrons. The van der Waals surface area contributed by atoms with Crippen molar-refractivity contribution in [2.24, 2.45) is 0 Å². The third-order valence-electron chi connectivity index (χ3n) is 5.20. The van der Waals surface area contributed by atoms with Gasteiger partial charge in [0.1, 0.15) is 17.5 Å². The summed E-state index contributed by atoms with van der Waals surface area (Å²) in [5.74, 6) is -0.587. The maximum absolute atomic E-state index is 13.6. The smallest absolute Gasteiger partial charge is 0.168 e. The minimum Gasteiger partial charge on any atom is -0.398 e. The third-order valence-corrected chi connectivity index (χ3v) is 5.20. The lowest BCUT2D eigenvalue weighted by Crippen LogP contribution is -2.43. The number of pyridine rings is 1. The molecule has 1 aromatic heterocycles. The molecule has 0 spiro atoms. The second-order valence-electron chi connectivity index (χ2n) is 7.31. The Kier molecular flexibility index (Phi) is 5.72. The molecule has 7 heteroatoms. The summed E-state index contributed by atoms with van der Waals surface area (Å²) in [5.41, 5.74) is 8.59. The summed E-state index contributed by atoms with van der Waals surface area (Å²) in [4.78, 5) is 19.4. The Hall–Kier alpha value is -3.32. The van der Waals surface area contributed by atoms with E-state index in [2.05, 4.69) is 15.2 Å². The maximum atomic E-state index is 13.6. The van der Waals surface area contributed by atoms with E-state index in [0.717, 1.165) is 38.1 Å². The largest absolute Gasteiger partial charge is 0.398 e. The number of Topliss-reactive ketones (excluding diaryl/α,β-unsaturated/α-hetero) is 1. The number of hydrogen-bond acceptors (Lipinski definition) is 5. The number of rotatable bonds is 5. The fraction of sp³-hybridized carbons (Fsp3) is 0.217. The van der Waals surface area contributed by atoms with Crippen molar-refractivity contribution in [3.63, 3.8) is 0 Å². The molecule has 1 aliphatic rings. The molecule has 4 rings (SSSR count). The number of anilines is 2. The standard InChI is InChI=1S/C23H22F2N4O/c24-19-10-17(11-20(25)13-19)15-1-3-21(26)18(9-15)12-22(30)16-2-4-23(28-14-16)29-7-5-27-6-8-29/h1-4,9-11,13-14,27H,5-8,12,26H2. The third kappa shape index (κ3) is 4.46. The van der Waals surface area contributed by atoms with E-state index in [1.807, 2.05) is 6.07 Å². The van der Waals surface area contributed by atoms with Crippen LogP contribution in [0.25, 0.3) is 11.1 Å². The molecule has 30 heavy (non-hydrogen) atoms. The van der Waals surface area contributed by atoms with Gasteiger partial charge in [0.2, 0.25) is 0 Å². The van der Waals surface area contributed by atoms with Crippen LogP contribution in [0.5, 0.6) is 0 Å². The molecule has 2 aromatic carbocycles. The molecule has 5 nitrogen and oxygen atoms in total. The Morgan fingerprint density at radius 1 is 1.00 bits per heavy atom. The molecule has 0 saturated carbocycles. The first kappa shape index (κ1) is 20.0. The van der Waals surface area contributed by atoms with Crippen LogP contribution < -0.4 is 16.0 Å². The van der Waals surface area contributed by atoms with E-state index >= 15 is 0 Å². The number of nitrogens with zero attached hydrogens (tertiary/aromatic N) is 2. The van der Waals surface area contributed by atoms with E-state index in [1.165, 1.54) is 12.1 Å². The molecule has 1 fully saturated rings. The van der Waals surface area contributed by atoms with E-state index in [9.17, 15) is 13.6 Å². The second kappa shape index (κ2) is 8.59. The van der Waals surface area contributed by atoms with Crippen molar-refractivity contribution < 1.29 is 13.6 Å². The molecule has 1 aliphatic heterocycles. The zero-order valence-corrected chi connectivity index (χ0v) is 16.4. The number of nitrogen functional groups attached to an aromatic ring is 1. The van der Waals surface area contributed by atoms with Gasteiger partial charge in [-0.25, -0.2) is 13.8 Å². The predicted molar refractivity (Wildman–Crippen MR) is 114 cm³/mol. The molecule has 154 valence electrons. The second-order valence-corrected chi connectivity index (χ2v) is 7.31. The van der Waals surface area contributed by atoms with Gasteiger partial charge < -0.3 is 16.0 Å². The Morgan fingerprint density at radius 3 is 2.40 bits per heavy atom. The van der Waals surface area contributed by atoms with Gasteiger partial charge in [0, 0.05) is 56.1 Å². The number of nitrogens with two attached hydrogens (primary N) is 1. The zero-order valence-electron chi connectivity index (χ0n) is 16.4. The van der Waals surface area contributed by atoms with Gasteiger partial charge in [-0.2, -0.15) is 0 Å². The average molecular weight is 408 g/mol. The van der Waals surface area contributed by atoms with Gasteiger partial charge in [-0.15, -0.1) is 0 Å². The van der Waals surface area contributed by atoms with E-state index in [-0.39, 0.29) is 12.2 Å². The SMILES string of the molecule is Nc1ccc(-c2cc(F)cc(F)c2)cc1CC(=O)c1ccc(N2CCNCC2)nc1. The van der Waals surface area contributed by atoms with E-state index in [0.29, 0.717) is 27.9 Å². The van der Waals surface area contributed by atoms with Gasteiger partial charge in [0.15, 0.2) is 5.78 Å². The Balaban J connectivity index is 1.52. The van der Waals surface area contributed by atoms with Gasteiger partial charge in [-0.1, -0.05) is 6.07 Å². The van der Waals surface area contributed by atoms with E-state index in [1.54, 1.807) is 30.5 Å². The van der Waals surface area contributed by atoms with Crippen LogP contribution in [0.3, 0.4) is 0 Å². The van der Waals surface area contributed by atoms with Gasteiger partial charge in [-0.05, 0) is 53.1 Å². The fourth-order valence-corrected chi connectivity index (χ4v) is 3.57. The van der Waals surface area contributed by atoms with Crippen molar-refractivity contribution in [3.8, 4) is 11.1 Å². The highest BCUT2D eigenvalue weighted by Crippen LogP contribution is 2.26. The van der Waals surface area contributed by atoms with Gasteiger partial charge >= 0.3 is 0 Å². The number of aromatic nitrogens is 1. The Morgan fingerprint density at radius 2 is 1.73 bits per heavy atom. The van der Waals surface area contributed by atoms with Gasteiger partial charge in [-0.3, -0.25) is 4.79 Å². The first-order valence-electron chi connectivity index (χ1n) is 9.79. The van der Waals surface area contributed by atoms with Crippen LogP contribution in [0.15, 0.2) is 54.7 Å². The molecule has 0 atom stereocenters. The van der Waals surface area contributed by atoms with Gasteiger partial charge in [0.25, 0.3) is 0 Å². The van der Waals surface area contributed by atoms with Crippen LogP contribution in [0.4, 0.5) is 20.3 Å². The number of hydrogen-bond donors (Lipinski definition) is 2. The maximum Gasteiger partial charge on any atom is 0.168 e. The summed E-state index contributed by atoms with van der Waals surface area (Å²) < 4.78 is 27.1. The van der Waals surface area contributed by atoms with Crippen molar-refractivity contribution in [1.82, 2.24) is 10.3 Å². The highest BCUT2D eigenvalue weighted by Gasteiger charge is 2.15. The molecule has 0 unspecified atom stereocenters. The number of nitrogens with one attached hydrogen (secondary N) is 1. The minimum absolute atomic E-state index is 0.0755. The lowest BCUT2D eigenvalue weighted by atomic mass is 9.97. The molecule has 0 aliphatic carbocycles. The first-order chi connectivity index (χ1) is 14.5. The Labute approximate surface area is 173 Å². The summed E-state index contributed by atoms with van der Waals surface area (Å²) in [6.45, 7) is 3.58. The molecule has 0 amide bonds. The van der Waals surface area contributed by atoms with Crippen molar-refractivity contribution in [2.45, 2.75) is 6.42 Å². The summed E-state index contributed by atoms with van der Waals surface area (Å²) in [7, 11) is 0. The molecule has 2 heterocycles.